The van der Waals surface area contributed by atoms with Gasteiger partial charge in [-0.1, -0.05) is 18.7 Å². The summed E-state index contributed by atoms with van der Waals surface area (Å²) in [5, 5.41) is 18.8. The minimum atomic E-state index is -0.250. The van der Waals surface area contributed by atoms with E-state index >= 15 is 0 Å². The van der Waals surface area contributed by atoms with E-state index in [0.29, 0.717) is 23.4 Å². The number of nitrogens with two attached hydrogens (primary N) is 1. The van der Waals surface area contributed by atoms with Gasteiger partial charge in [0, 0.05) is 17.8 Å². The predicted molar refractivity (Wildman–Crippen MR) is 97.5 cm³/mol. The van der Waals surface area contributed by atoms with Gasteiger partial charge in [0.25, 0.3) is 5.91 Å². The van der Waals surface area contributed by atoms with Crippen molar-refractivity contribution in [3.8, 4) is 22.9 Å². The van der Waals surface area contributed by atoms with Crippen molar-refractivity contribution in [3.05, 3.63) is 59.2 Å². The van der Waals surface area contributed by atoms with Crippen LogP contribution in [0.1, 0.15) is 33.2 Å². The number of benzene rings is 2. The summed E-state index contributed by atoms with van der Waals surface area (Å²) >= 11 is 0. The van der Waals surface area contributed by atoms with E-state index in [2.05, 4.69) is 6.58 Å². The summed E-state index contributed by atoms with van der Waals surface area (Å²) in [5.41, 5.74) is 9.49. The van der Waals surface area contributed by atoms with Crippen LogP contribution < -0.4 is 5.73 Å². The zero-order chi connectivity index (χ0) is 19.0. The number of nitrogen functional groups attached to an aromatic ring is 1. The molecule has 0 saturated carbocycles. The van der Waals surface area contributed by atoms with Crippen molar-refractivity contribution in [3.63, 3.8) is 0 Å². The number of carbonyl (C=O) groups is 2. The molecule has 3 N–H and O–H groups in total. The third-order valence-corrected chi connectivity index (χ3v) is 4.42. The molecule has 26 heavy (non-hydrogen) atoms. The first-order valence-electron chi connectivity index (χ1n) is 7.96. The third kappa shape index (κ3) is 2.80. The van der Waals surface area contributed by atoms with Crippen LogP contribution in [-0.4, -0.2) is 28.2 Å². The van der Waals surface area contributed by atoms with Gasteiger partial charge >= 0.3 is 0 Å². The maximum Gasteiger partial charge on any atom is 0.256 e. The highest BCUT2D eigenvalue weighted by Crippen LogP contribution is 2.37. The van der Waals surface area contributed by atoms with E-state index in [0.717, 1.165) is 11.1 Å². The Hall–Kier alpha value is -3.59. The number of nitrogens with zero attached hydrogens (tertiary/aromatic N) is 2. The van der Waals surface area contributed by atoms with Crippen LogP contribution in [0.3, 0.4) is 0 Å². The standard InChI is InChI=1S/C20H17N3O3/c1-11(8-21)9-23-10-16-14(4-5-17(22)19(16)20(23)26)13-3-6-18(25)15(7-13)12(2)24/h3-7,25H,1,9-10,22H2,2H3. The second-order valence-corrected chi connectivity index (χ2v) is 6.22. The van der Waals surface area contributed by atoms with Crippen molar-refractivity contribution >= 4 is 17.4 Å². The quantitative estimate of drug-likeness (QED) is 0.502. The molecule has 130 valence electrons. The first-order valence-corrected chi connectivity index (χ1v) is 7.96. The van der Waals surface area contributed by atoms with Gasteiger partial charge in [0.2, 0.25) is 0 Å². The van der Waals surface area contributed by atoms with Crippen LogP contribution in [-0.2, 0) is 6.54 Å². The van der Waals surface area contributed by atoms with Crippen molar-refractivity contribution in [1.82, 2.24) is 4.90 Å². The number of ketones is 1. The summed E-state index contributed by atoms with van der Waals surface area (Å²) in [6, 6.07) is 10.1. The van der Waals surface area contributed by atoms with E-state index in [9.17, 15) is 14.7 Å². The maximum atomic E-state index is 12.7. The van der Waals surface area contributed by atoms with Gasteiger partial charge in [0.1, 0.15) is 5.75 Å². The normalized spacial score (nSPS) is 12.6. The molecular weight excluding hydrogens is 330 g/mol. The number of phenols is 1. The van der Waals surface area contributed by atoms with Gasteiger partial charge in [-0.2, -0.15) is 5.26 Å². The van der Waals surface area contributed by atoms with E-state index in [1.165, 1.54) is 17.9 Å². The SMILES string of the molecule is C=C(C#N)CN1Cc2c(-c3ccc(O)c(C(C)=O)c3)ccc(N)c2C1=O. The minimum absolute atomic E-state index is 0.0867. The summed E-state index contributed by atoms with van der Waals surface area (Å²) in [6.07, 6.45) is 0. The van der Waals surface area contributed by atoms with E-state index < -0.39 is 0 Å². The average molecular weight is 347 g/mol. The number of aromatic hydroxyl groups is 1. The highest BCUT2D eigenvalue weighted by atomic mass is 16.3. The number of hydrogen-bond acceptors (Lipinski definition) is 5. The Labute approximate surface area is 150 Å². The molecule has 1 aliphatic rings. The number of nitriles is 1. The summed E-state index contributed by atoms with van der Waals surface area (Å²) < 4.78 is 0. The number of hydrogen-bond donors (Lipinski definition) is 2. The minimum Gasteiger partial charge on any atom is -0.507 e. The van der Waals surface area contributed by atoms with Crippen molar-refractivity contribution in [2.45, 2.75) is 13.5 Å². The zero-order valence-electron chi connectivity index (χ0n) is 14.2. The Morgan fingerprint density at radius 1 is 1.38 bits per heavy atom. The molecule has 0 atom stereocenters. The van der Waals surface area contributed by atoms with Crippen molar-refractivity contribution in [1.29, 1.82) is 5.26 Å². The molecule has 6 heteroatoms. The number of phenolic OH excluding ortho intramolecular Hbond substituents is 1. The lowest BCUT2D eigenvalue weighted by Gasteiger charge is -2.14. The molecule has 1 heterocycles. The molecule has 1 amide bonds. The van der Waals surface area contributed by atoms with Crippen molar-refractivity contribution in [2.24, 2.45) is 0 Å². The van der Waals surface area contributed by atoms with E-state index in [1.54, 1.807) is 24.3 Å². The van der Waals surface area contributed by atoms with E-state index in [4.69, 9.17) is 11.0 Å². The maximum absolute atomic E-state index is 12.7. The topological polar surface area (TPSA) is 107 Å². The second kappa shape index (κ2) is 6.37. The molecule has 2 aromatic carbocycles. The van der Waals surface area contributed by atoms with Crippen LogP contribution in [0.2, 0.25) is 0 Å². The Bertz CT molecular complexity index is 1000. The highest BCUT2D eigenvalue weighted by molar-refractivity contribution is 6.05. The Morgan fingerprint density at radius 2 is 2.12 bits per heavy atom. The van der Waals surface area contributed by atoms with Crippen LogP contribution in [0.15, 0.2) is 42.5 Å². The van der Waals surface area contributed by atoms with Crippen molar-refractivity contribution in [2.75, 3.05) is 12.3 Å². The molecule has 0 radical (unpaired) electrons. The Balaban J connectivity index is 2.11. The van der Waals surface area contributed by atoms with Crippen LogP contribution in [0.4, 0.5) is 5.69 Å². The predicted octanol–water partition coefficient (Wildman–Crippen LogP) is 2.88. The summed E-state index contributed by atoms with van der Waals surface area (Å²) in [4.78, 5) is 25.9. The first kappa shape index (κ1) is 17.2. The lowest BCUT2D eigenvalue weighted by atomic mass is 9.94. The van der Waals surface area contributed by atoms with Crippen LogP contribution in [0, 0.1) is 11.3 Å². The molecule has 0 aromatic heterocycles. The van der Waals surface area contributed by atoms with Crippen LogP contribution >= 0.6 is 0 Å². The van der Waals surface area contributed by atoms with Gasteiger partial charge in [-0.25, -0.2) is 0 Å². The number of rotatable bonds is 4. The fourth-order valence-electron chi connectivity index (χ4n) is 3.15. The Kier molecular flexibility index (Phi) is 4.23. The molecule has 0 unspecified atom stereocenters. The highest BCUT2D eigenvalue weighted by Gasteiger charge is 2.32. The monoisotopic (exact) mass is 347 g/mol. The van der Waals surface area contributed by atoms with Crippen LogP contribution in [0.25, 0.3) is 11.1 Å². The first-order chi connectivity index (χ1) is 12.3. The fourth-order valence-corrected chi connectivity index (χ4v) is 3.15. The van der Waals surface area contributed by atoms with Gasteiger partial charge in [-0.3, -0.25) is 9.59 Å². The average Bonchev–Trinajstić information content (AvgIpc) is 2.93. The number of fused-ring (bicyclic) bond motifs is 1. The van der Waals surface area contributed by atoms with Gasteiger partial charge < -0.3 is 15.7 Å². The molecular formula is C20H17N3O3. The number of anilines is 1. The van der Waals surface area contributed by atoms with E-state index in [1.807, 2.05) is 6.07 Å². The molecule has 6 nitrogen and oxygen atoms in total. The molecule has 1 aliphatic heterocycles. The molecule has 0 saturated heterocycles. The molecule has 2 aromatic rings. The molecule has 3 rings (SSSR count). The van der Waals surface area contributed by atoms with Gasteiger partial charge in [0.05, 0.1) is 23.7 Å². The molecule has 0 fully saturated rings. The van der Waals surface area contributed by atoms with Gasteiger partial charge in [-0.05, 0) is 41.8 Å². The number of Topliss-reactive ketones (excluding diaryl/α,β-unsaturated/α-hetero) is 1. The van der Waals surface area contributed by atoms with Gasteiger partial charge in [-0.15, -0.1) is 0 Å². The lowest BCUT2D eigenvalue weighted by molar-refractivity contribution is 0.0794. The van der Waals surface area contributed by atoms with E-state index in [-0.39, 0.29) is 35.1 Å². The summed E-state index contributed by atoms with van der Waals surface area (Å²) in [6.45, 7) is 5.44. The lowest BCUT2D eigenvalue weighted by Crippen LogP contribution is -2.26. The Morgan fingerprint density at radius 3 is 2.77 bits per heavy atom. The fraction of sp³-hybridized carbons (Fsp3) is 0.150. The number of amides is 1. The van der Waals surface area contributed by atoms with Gasteiger partial charge in [0.15, 0.2) is 5.78 Å². The zero-order valence-corrected chi connectivity index (χ0v) is 14.2. The van der Waals surface area contributed by atoms with Crippen LogP contribution in [0.5, 0.6) is 5.75 Å². The smallest absolute Gasteiger partial charge is 0.256 e. The molecule has 0 aliphatic carbocycles. The second-order valence-electron chi connectivity index (χ2n) is 6.22. The summed E-state index contributed by atoms with van der Waals surface area (Å²) in [7, 11) is 0. The largest absolute Gasteiger partial charge is 0.507 e. The molecule has 0 bridgehead atoms. The molecule has 0 spiro atoms. The third-order valence-electron chi connectivity index (χ3n) is 4.42. The summed E-state index contributed by atoms with van der Waals surface area (Å²) in [5.74, 6) is -0.586. The van der Waals surface area contributed by atoms with Crippen molar-refractivity contribution < 1.29 is 14.7 Å². The number of carbonyl (C=O) groups excluding carboxylic acids is 2.